The first-order valence-corrected chi connectivity index (χ1v) is 6.46. The summed E-state index contributed by atoms with van der Waals surface area (Å²) in [6.45, 7) is 6.82. The molecule has 0 unspecified atom stereocenters. The zero-order valence-corrected chi connectivity index (χ0v) is 10.8. The minimum Gasteiger partial charge on any atom is -0.294 e. The number of nitrogens with zero attached hydrogens (tertiary/aromatic N) is 1. The van der Waals surface area contributed by atoms with Gasteiger partial charge in [-0.1, -0.05) is 39.5 Å². The molecule has 0 bridgehead atoms. The summed E-state index contributed by atoms with van der Waals surface area (Å²) in [5, 5.41) is 0. The highest BCUT2D eigenvalue weighted by Gasteiger charge is 2.08. The van der Waals surface area contributed by atoms with Gasteiger partial charge in [0.2, 0.25) is 5.91 Å². The molecule has 0 aliphatic carbocycles. The molecule has 0 heterocycles. The topological polar surface area (TPSA) is 58.4 Å². The lowest BCUT2D eigenvalue weighted by atomic mass is 10.2. The molecule has 0 rings (SSSR count). The number of rotatable bonds is 10. The molecule has 0 aromatic rings. The molecule has 0 saturated heterocycles. The lowest BCUT2D eigenvalue weighted by molar-refractivity contribution is -0.122. The quantitative estimate of drug-likeness (QED) is 0.259. The van der Waals surface area contributed by atoms with Gasteiger partial charge in [0, 0.05) is 0 Å². The van der Waals surface area contributed by atoms with E-state index in [1.165, 1.54) is 38.5 Å². The van der Waals surface area contributed by atoms with E-state index in [9.17, 15) is 4.79 Å². The number of nitrogens with two attached hydrogens (primary N) is 1. The van der Waals surface area contributed by atoms with Crippen LogP contribution in [-0.2, 0) is 4.79 Å². The third kappa shape index (κ3) is 8.68. The summed E-state index contributed by atoms with van der Waals surface area (Å²) in [7, 11) is 0. The maximum absolute atomic E-state index is 11.2. The van der Waals surface area contributed by atoms with Gasteiger partial charge in [-0.25, -0.2) is 5.84 Å². The first-order valence-electron chi connectivity index (χ1n) is 6.46. The number of carbonyl (C=O) groups excluding carboxylic acids is 1. The molecule has 0 aromatic carbocycles. The molecular weight excluding hydrogens is 202 g/mol. The molecular formula is C12H27N3O. The SMILES string of the molecule is CCCCCN(CCCCC)CC(=O)NN. The van der Waals surface area contributed by atoms with E-state index in [0.717, 1.165) is 13.1 Å². The fourth-order valence-corrected chi connectivity index (χ4v) is 1.69. The Balaban J connectivity index is 3.80. The Morgan fingerprint density at radius 3 is 1.94 bits per heavy atom. The molecule has 0 fully saturated rings. The molecule has 0 atom stereocenters. The lowest BCUT2D eigenvalue weighted by Crippen LogP contribution is -2.41. The third-order valence-electron chi connectivity index (χ3n) is 2.68. The van der Waals surface area contributed by atoms with E-state index in [1.54, 1.807) is 0 Å². The molecule has 16 heavy (non-hydrogen) atoms. The fourth-order valence-electron chi connectivity index (χ4n) is 1.69. The summed E-state index contributed by atoms with van der Waals surface area (Å²) in [4.78, 5) is 13.4. The number of unbranched alkanes of at least 4 members (excludes halogenated alkanes) is 4. The Hall–Kier alpha value is -0.610. The minimum absolute atomic E-state index is 0.0898. The first kappa shape index (κ1) is 15.4. The van der Waals surface area contributed by atoms with E-state index in [0.29, 0.717) is 6.54 Å². The van der Waals surface area contributed by atoms with Crippen LogP contribution in [0.2, 0.25) is 0 Å². The second-order valence-corrected chi connectivity index (χ2v) is 4.26. The Morgan fingerprint density at radius 1 is 1.06 bits per heavy atom. The Bertz CT molecular complexity index is 164. The second kappa shape index (κ2) is 10.9. The highest BCUT2D eigenvalue weighted by atomic mass is 16.2. The van der Waals surface area contributed by atoms with Crippen molar-refractivity contribution in [2.45, 2.75) is 52.4 Å². The monoisotopic (exact) mass is 229 g/mol. The van der Waals surface area contributed by atoms with E-state index in [-0.39, 0.29) is 5.91 Å². The number of hydrogen-bond acceptors (Lipinski definition) is 3. The van der Waals surface area contributed by atoms with E-state index in [4.69, 9.17) is 5.84 Å². The van der Waals surface area contributed by atoms with Gasteiger partial charge in [0.25, 0.3) is 0 Å². The number of nitrogens with one attached hydrogen (secondary N) is 1. The van der Waals surface area contributed by atoms with Gasteiger partial charge in [0.15, 0.2) is 0 Å². The van der Waals surface area contributed by atoms with Crippen LogP contribution in [0.15, 0.2) is 0 Å². The molecule has 4 heteroatoms. The van der Waals surface area contributed by atoms with Crippen LogP contribution in [0, 0.1) is 0 Å². The van der Waals surface area contributed by atoms with E-state index >= 15 is 0 Å². The molecule has 0 spiro atoms. The maximum Gasteiger partial charge on any atom is 0.248 e. The second-order valence-electron chi connectivity index (χ2n) is 4.26. The van der Waals surface area contributed by atoms with Crippen molar-refractivity contribution in [2.24, 2.45) is 5.84 Å². The van der Waals surface area contributed by atoms with Crippen LogP contribution in [-0.4, -0.2) is 30.4 Å². The van der Waals surface area contributed by atoms with Crippen LogP contribution in [0.25, 0.3) is 0 Å². The summed E-state index contributed by atoms with van der Waals surface area (Å²) in [5.74, 6) is 5.01. The Morgan fingerprint density at radius 2 is 1.56 bits per heavy atom. The van der Waals surface area contributed by atoms with Crippen molar-refractivity contribution >= 4 is 5.91 Å². The average Bonchev–Trinajstić information content (AvgIpc) is 2.29. The zero-order valence-electron chi connectivity index (χ0n) is 10.8. The van der Waals surface area contributed by atoms with Gasteiger partial charge < -0.3 is 0 Å². The number of hydrogen-bond donors (Lipinski definition) is 2. The average molecular weight is 229 g/mol. The lowest BCUT2D eigenvalue weighted by Gasteiger charge is -2.21. The van der Waals surface area contributed by atoms with Gasteiger partial charge in [0.05, 0.1) is 6.54 Å². The van der Waals surface area contributed by atoms with Gasteiger partial charge in [-0.15, -0.1) is 0 Å². The smallest absolute Gasteiger partial charge is 0.248 e. The van der Waals surface area contributed by atoms with Crippen molar-refractivity contribution < 1.29 is 4.79 Å². The minimum atomic E-state index is -0.0898. The van der Waals surface area contributed by atoms with E-state index in [2.05, 4.69) is 24.2 Å². The molecule has 0 aliphatic heterocycles. The van der Waals surface area contributed by atoms with Gasteiger partial charge in [-0.3, -0.25) is 15.1 Å². The molecule has 0 aliphatic rings. The maximum atomic E-state index is 11.2. The van der Waals surface area contributed by atoms with Crippen LogP contribution in [0.4, 0.5) is 0 Å². The Kier molecular flexibility index (Phi) is 10.5. The highest BCUT2D eigenvalue weighted by molar-refractivity contribution is 5.77. The summed E-state index contributed by atoms with van der Waals surface area (Å²) in [6.07, 6.45) is 7.22. The molecule has 0 saturated carbocycles. The summed E-state index contributed by atoms with van der Waals surface area (Å²) >= 11 is 0. The molecule has 0 radical (unpaired) electrons. The van der Waals surface area contributed by atoms with Crippen molar-refractivity contribution in [1.29, 1.82) is 0 Å². The van der Waals surface area contributed by atoms with Crippen molar-refractivity contribution in [1.82, 2.24) is 10.3 Å². The van der Waals surface area contributed by atoms with Crippen LogP contribution >= 0.6 is 0 Å². The van der Waals surface area contributed by atoms with Crippen molar-refractivity contribution in [2.75, 3.05) is 19.6 Å². The van der Waals surface area contributed by atoms with Gasteiger partial charge in [-0.2, -0.15) is 0 Å². The summed E-state index contributed by atoms with van der Waals surface area (Å²) in [5.41, 5.74) is 2.20. The fraction of sp³-hybridized carbons (Fsp3) is 0.917. The molecule has 0 aromatic heterocycles. The largest absolute Gasteiger partial charge is 0.294 e. The molecule has 1 amide bonds. The summed E-state index contributed by atoms with van der Waals surface area (Å²) in [6, 6.07) is 0. The van der Waals surface area contributed by atoms with Crippen molar-refractivity contribution in [3.63, 3.8) is 0 Å². The molecule has 96 valence electrons. The van der Waals surface area contributed by atoms with Gasteiger partial charge in [0.1, 0.15) is 0 Å². The number of amides is 1. The van der Waals surface area contributed by atoms with Gasteiger partial charge >= 0.3 is 0 Å². The van der Waals surface area contributed by atoms with Crippen LogP contribution < -0.4 is 11.3 Å². The van der Waals surface area contributed by atoms with Crippen molar-refractivity contribution in [3.8, 4) is 0 Å². The third-order valence-corrected chi connectivity index (χ3v) is 2.68. The number of carbonyl (C=O) groups is 1. The Labute approximate surface area is 99.5 Å². The molecule has 4 nitrogen and oxygen atoms in total. The van der Waals surface area contributed by atoms with E-state index in [1.807, 2.05) is 0 Å². The predicted octanol–water partition coefficient (Wildman–Crippen LogP) is 1.66. The van der Waals surface area contributed by atoms with Crippen LogP contribution in [0.3, 0.4) is 0 Å². The normalized spacial score (nSPS) is 10.8. The van der Waals surface area contributed by atoms with Crippen LogP contribution in [0.5, 0.6) is 0 Å². The van der Waals surface area contributed by atoms with Gasteiger partial charge in [-0.05, 0) is 25.9 Å². The summed E-state index contributed by atoms with van der Waals surface area (Å²) < 4.78 is 0. The van der Waals surface area contributed by atoms with E-state index < -0.39 is 0 Å². The zero-order chi connectivity index (χ0) is 12.2. The first-order chi connectivity index (χ1) is 7.74. The molecule has 3 N–H and O–H groups in total. The highest BCUT2D eigenvalue weighted by Crippen LogP contribution is 2.02. The standard InChI is InChI=1S/C12H27N3O/c1-3-5-7-9-15(10-8-6-4-2)11-12(16)14-13/h3-11,13H2,1-2H3,(H,14,16). The number of hydrazine groups is 1. The van der Waals surface area contributed by atoms with Crippen molar-refractivity contribution in [3.05, 3.63) is 0 Å². The predicted molar refractivity (Wildman–Crippen MR) is 67.8 cm³/mol. The van der Waals surface area contributed by atoms with Crippen LogP contribution in [0.1, 0.15) is 52.4 Å².